The number of hydrogen-bond donors (Lipinski definition) is 1. The maximum Gasteiger partial charge on any atom is 0.350 e. The van der Waals surface area contributed by atoms with E-state index in [1.807, 2.05) is 24.3 Å². The molecular formula is C21H16Cl2N4O2. The highest BCUT2D eigenvalue weighted by molar-refractivity contribution is 6.36. The van der Waals surface area contributed by atoms with Gasteiger partial charge in [-0.3, -0.25) is 9.20 Å². The minimum atomic E-state index is -0.234. The monoisotopic (exact) mass is 426 g/mol. The number of anilines is 1. The summed E-state index contributed by atoms with van der Waals surface area (Å²) in [4.78, 5) is 24.9. The van der Waals surface area contributed by atoms with E-state index in [9.17, 15) is 9.59 Å². The standard InChI is InChI=1S/C21H16Cl2N4O2/c22-17-7-4-8-18(23)16(17)12-20(28)24-15-6-3-5-14(11-15)13-27-21(29)26-10-2-1-9-19(26)25-27/h1-11H,12-13H2,(H,24,28). The highest BCUT2D eigenvalue weighted by atomic mass is 35.5. The molecule has 8 heteroatoms. The van der Waals surface area contributed by atoms with Crippen LogP contribution in [0.2, 0.25) is 10.0 Å². The smallest absolute Gasteiger partial charge is 0.326 e. The van der Waals surface area contributed by atoms with E-state index in [1.54, 1.807) is 42.6 Å². The Bertz CT molecular complexity index is 1240. The summed E-state index contributed by atoms with van der Waals surface area (Å²) in [6.45, 7) is 0.292. The molecule has 0 bridgehead atoms. The number of hydrogen-bond acceptors (Lipinski definition) is 3. The van der Waals surface area contributed by atoms with Crippen molar-refractivity contribution >= 4 is 40.4 Å². The largest absolute Gasteiger partial charge is 0.350 e. The van der Waals surface area contributed by atoms with Crippen LogP contribution in [0.5, 0.6) is 0 Å². The SMILES string of the molecule is O=C(Cc1c(Cl)cccc1Cl)Nc1cccc(Cn2nc3ccccn3c2=O)c1. The summed E-state index contributed by atoms with van der Waals surface area (Å²) >= 11 is 12.3. The Morgan fingerprint density at radius 2 is 1.76 bits per heavy atom. The van der Waals surface area contributed by atoms with Crippen molar-refractivity contribution in [1.82, 2.24) is 14.2 Å². The molecule has 1 amide bonds. The molecule has 4 rings (SSSR count). The predicted octanol–water partition coefficient (Wildman–Crippen LogP) is 4.03. The van der Waals surface area contributed by atoms with E-state index in [2.05, 4.69) is 10.4 Å². The molecule has 29 heavy (non-hydrogen) atoms. The fraction of sp³-hybridized carbons (Fsp3) is 0.0952. The molecule has 2 aromatic carbocycles. The first-order valence-corrected chi connectivity index (χ1v) is 9.63. The van der Waals surface area contributed by atoms with Crippen LogP contribution in [-0.4, -0.2) is 20.1 Å². The van der Waals surface area contributed by atoms with Gasteiger partial charge in [0.1, 0.15) is 0 Å². The Hall–Kier alpha value is -3.09. The van der Waals surface area contributed by atoms with Gasteiger partial charge in [-0.15, -0.1) is 5.10 Å². The maximum atomic E-state index is 12.4. The summed E-state index contributed by atoms with van der Waals surface area (Å²) < 4.78 is 2.87. The molecule has 0 unspecified atom stereocenters. The molecule has 0 aliphatic rings. The van der Waals surface area contributed by atoms with Gasteiger partial charge < -0.3 is 5.32 Å². The van der Waals surface area contributed by atoms with E-state index in [4.69, 9.17) is 23.2 Å². The van der Waals surface area contributed by atoms with E-state index in [1.165, 1.54) is 9.08 Å². The van der Waals surface area contributed by atoms with Gasteiger partial charge in [0, 0.05) is 21.9 Å². The lowest BCUT2D eigenvalue weighted by molar-refractivity contribution is -0.115. The average Bonchev–Trinajstić information content (AvgIpc) is 3.01. The van der Waals surface area contributed by atoms with Crippen LogP contribution in [0.15, 0.2) is 71.7 Å². The number of nitrogens with zero attached hydrogens (tertiary/aromatic N) is 3. The Labute approximate surface area is 176 Å². The first kappa shape index (κ1) is 19.2. The Morgan fingerprint density at radius 3 is 2.52 bits per heavy atom. The van der Waals surface area contributed by atoms with Crippen LogP contribution < -0.4 is 11.0 Å². The third-order valence-electron chi connectivity index (χ3n) is 4.43. The van der Waals surface area contributed by atoms with Gasteiger partial charge in [-0.25, -0.2) is 9.48 Å². The molecule has 4 aromatic rings. The van der Waals surface area contributed by atoms with E-state index in [0.29, 0.717) is 33.5 Å². The molecular weight excluding hydrogens is 411 g/mol. The molecule has 0 saturated heterocycles. The van der Waals surface area contributed by atoms with E-state index in [-0.39, 0.29) is 18.0 Å². The van der Waals surface area contributed by atoms with Crippen molar-refractivity contribution in [3.8, 4) is 0 Å². The first-order valence-electron chi connectivity index (χ1n) is 8.87. The summed E-state index contributed by atoms with van der Waals surface area (Å²) in [5, 5.41) is 8.07. The Balaban J connectivity index is 1.50. The maximum absolute atomic E-state index is 12.4. The highest BCUT2D eigenvalue weighted by Crippen LogP contribution is 2.25. The zero-order chi connectivity index (χ0) is 20.4. The van der Waals surface area contributed by atoms with Crippen LogP contribution in [0.3, 0.4) is 0 Å². The topological polar surface area (TPSA) is 68.4 Å². The zero-order valence-electron chi connectivity index (χ0n) is 15.2. The van der Waals surface area contributed by atoms with Gasteiger partial charge in [0.25, 0.3) is 0 Å². The van der Waals surface area contributed by atoms with Crippen LogP contribution in [0.1, 0.15) is 11.1 Å². The summed E-state index contributed by atoms with van der Waals surface area (Å²) in [7, 11) is 0. The number of halogens is 2. The number of nitrogens with one attached hydrogen (secondary N) is 1. The summed E-state index contributed by atoms with van der Waals surface area (Å²) in [5.74, 6) is -0.234. The van der Waals surface area contributed by atoms with Crippen LogP contribution >= 0.6 is 23.2 Å². The third kappa shape index (κ3) is 4.18. The van der Waals surface area contributed by atoms with Crippen LogP contribution in [0.25, 0.3) is 5.65 Å². The van der Waals surface area contributed by atoms with Crippen molar-refractivity contribution < 1.29 is 4.79 Å². The number of amides is 1. The van der Waals surface area contributed by atoms with Crippen molar-refractivity contribution in [2.24, 2.45) is 0 Å². The van der Waals surface area contributed by atoms with E-state index < -0.39 is 0 Å². The van der Waals surface area contributed by atoms with Gasteiger partial charge in [0.15, 0.2) is 5.65 Å². The molecule has 0 spiro atoms. The molecule has 0 radical (unpaired) electrons. The molecule has 2 aromatic heterocycles. The Kier molecular flexibility index (Phi) is 5.38. The lowest BCUT2D eigenvalue weighted by Gasteiger charge is -2.09. The van der Waals surface area contributed by atoms with Crippen LogP contribution in [0.4, 0.5) is 5.69 Å². The van der Waals surface area contributed by atoms with Crippen LogP contribution in [0, 0.1) is 0 Å². The normalized spacial score (nSPS) is 11.0. The molecule has 0 aliphatic carbocycles. The quantitative estimate of drug-likeness (QED) is 0.523. The minimum Gasteiger partial charge on any atom is -0.326 e. The first-order chi connectivity index (χ1) is 14.0. The van der Waals surface area contributed by atoms with Gasteiger partial charge >= 0.3 is 5.69 Å². The number of benzene rings is 2. The predicted molar refractivity (Wildman–Crippen MR) is 114 cm³/mol. The molecule has 1 N–H and O–H groups in total. The fourth-order valence-corrected chi connectivity index (χ4v) is 3.59. The lowest BCUT2D eigenvalue weighted by atomic mass is 10.1. The van der Waals surface area contributed by atoms with Gasteiger partial charge in [-0.1, -0.05) is 47.5 Å². The fourth-order valence-electron chi connectivity index (χ4n) is 3.06. The number of aromatic nitrogens is 3. The van der Waals surface area contributed by atoms with Gasteiger partial charge in [0.05, 0.1) is 13.0 Å². The molecule has 2 heterocycles. The second-order valence-electron chi connectivity index (χ2n) is 6.49. The zero-order valence-corrected chi connectivity index (χ0v) is 16.7. The van der Waals surface area contributed by atoms with Crippen molar-refractivity contribution in [2.75, 3.05) is 5.32 Å². The van der Waals surface area contributed by atoms with Crippen LogP contribution in [-0.2, 0) is 17.8 Å². The number of pyridine rings is 1. The number of carbonyl (C=O) groups excluding carboxylic acids is 1. The average molecular weight is 427 g/mol. The molecule has 0 saturated carbocycles. The van der Waals surface area contributed by atoms with Crippen molar-refractivity contribution in [3.05, 3.63) is 98.5 Å². The summed E-state index contributed by atoms with van der Waals surface area (Å²) in [6, 6.07) is 17.8. The molecule has 146 valence electrons. The molecule has 6 nitrogen and oxygen atoms in total. The number of rotatable bonds is 5. The van der Waals surface area contributed by atoms with Gasteiger partial charge in [-0.2, -0.15) is 0 Å². The Morgan fingerprint density at radius 1 is 1.00 bits per heavy atom. The molecule has 0 atom stereocenters. The second kappa shape index (κ2) is 8.11. The third-order valence-corrected chi connectivity index (χ3v) is 5.14. The molecule has 0 aliphatic heterocycles. The van der Waals surface area contributed by atoms with E-state index in [0.717, 1.165) is 5.56 Å². The second-order valence-corrected chi connectivity index (χ2v) is 7.31. The van der Waals surface area contributed by atoms with Crippen molar-refractivity contribution in [2.45, 2.75) is 13.0 Å². The number of fused-ring (bicyclic) bond motifs is 1. The molecule has 0 fully saturated rings. The highest BCUT2D eigenvalue weighted by Gasteiger charge is 2.12. The van der Waals surface area contributed by atoms with Crippen molar-refractivity contribution in [1.29, 1.82) is 0 Å². The number of carbonyl (C=O) groups is 1. The lowest BCUT2D eigenvalue weighted by Crippen LogP contribution is -2.21. The summed E-state index contributed by atoms with van der Waals surface area (Å²) in [5.41, 5.74) is 2.40. The minimum absolute atomic E-state index is 0.0641. The van der Waals surface area contributed by atoms with Gasteiger partial charge in [-0.05, 0) is 47.5 Å². The van der Waals surface area contributed by atoms with E-state index >= 15 is 0 Å². The van der Waals surface area contributed by atoms with Gasteiger partial charge in [0.2, 0.25) is 5.91 Å². The summed E-state index contributed by atoms with van der Waals surface area (Å²) in [6.07, 6.45) is 1.74. The van der Waals surface area contributed by atoms with Crippen molar-refractivity contribution in [3.63, 3.8) is 0 Å².